The van der Waals surface area contributed by atoms with Crippen LogP contribution in [0.15, 0.2) is 24.4 Å². The lowest BCUT2D eigenvalue weighted by Crippen LogP contribution is -2.25. The Kier molecular flexibility index (Phi) is 3.06. The van der Waals surface area contributed by atoms with Crippen molar-refractivity contribution in [2.24, 2.45) is 7.05 Å². The Balaban J connectivity index is 1.73. The maximum atomic E-state index is 11.3. The predicted molar refractivity (Wildman–Crippen MR) is 75.8 cm³/mol. The molecule has 0 aliphatic carbocycles. The number of benzene rings is 1. The van der Waals surface area contributed by atoms with Gasteiger partial charge in [-0.25, -0.2) is 0 Å². The highest BCUT2D eigenvalue weighted by Crippen LogP contribution is 2.30. The molecule has 0 atom stereocenters. The second-order valence-electron chi connectivity index (χ2n) is 4.81. The first-order chi connectivity index (χ1) is 9.61. The Morgan fingerprint density at radius 3 is 3.10 bits per heavy atom. The first-order valence-electron chi connectivity index (χ1n) is 6.41. The quantitative estimate of drug-likeness (QED) is 0.892. The standard InChI is InChI=1S/C14H16N4O2/c1-9-10(7-18(2)17-9)6-15-11-3-4-13-12(5-11)16-14(19)8-20-13/h3-5,7,15H,6,8H2,1-2H3,(H,16,19). The van der Waals surface area contributed by atoms with E-state index in [2.05, 4.69) is 15.7 Å². The Morgan fingerprint density at radius 1 is 1.50 bits per heavy atom. The molecule has 1 amide bonds. The first-order valence-corrected chi connectivity index (χ1v) is 6.41. The number of anilines is 2. The van der Waals surface area contributed by atoms with Crippen molar-refractivity contribution < 1.29 is 9.53 Å². The third-order valence-corrected chi connectivity index (χ3v) is 3.21. The molecule has 0 saturated heterocycles. The van der Waals surface area contributed by atoms with Crippen LogP contribution in [-0.2, 0) is 18.4 Å². The van der Waals surface area contributed by atoms with Crippen molar-refractivity contribution in [3.8, 4) is 5.75 Å². The van der Waals surface area contributed by atoms with Gasteiger partial charge >= 0.3 is 0 Å². The third kappa shape index (κ3) is 2.45. The van der Waals surface area contributed by atoms with Crippen LogP contribution in [0, 0.1) is 6.92 Å². The molecule has 0 saturated carbocycles. The molecule has 0 unspecified atom stereocenters. The molecule has 0 fully saturated rings. The Hall–Kier alpha value is -2.50. The number of hydrogen-bond acceptors (Lipinski definition) is 4. The van der Waals surface area contributed by atoms with E-state index in [4.69, 9.17) is 4.74 Å². The Labute approximate surface area is 116 Å². The van der Waals surface area contributed by atoms with Crippen LogP contribution in [0.2, 0.25) is 0 Å². The van der Waals surface area contributed by atoms with E-state index in [1.165, 1.54) is 0 Å². The number of nitrogens with one attached hydrogen (secondary N) is 2. The summed E-state index contributed by atoms with van der Waals surface area (Å²) in [6.07, 6.45) is 1.99. The highest BCUT2D eigenvalue weighted by atomic mass is 16.5. The zero-order valence-electron chi connectivity index (χ0n) is 11.4. The number of carbonyl (C=O) groups excluding carboxylic acids is 1. The van der Waals surface area contributed by atoms with Gasteiger partial charge in [-0.2, -0.15) is 5.10 Å². The van der Waals surface area contributed by atoms with Crippen molar-refractivity contribution in [2.45, 2.75) is 13.5 Å². The monoisotopic (exact) mass is 272 g/mol. The fourth-order valence-corrected chi connectivity index (χ4v) is 2.21. The summed E-state index contributed by atoms with van der Waals surface area (Å²) in [5, 5.41) is 10.4. The van der Waals surface area contributed by atoms with Crippen LogP contribution in [0.1, 0.15) is 11.3 Å². The molecule has 0 radical (unpaired) electrons. The van der Waals surface area contributed by atoms with Crippen molar-refractivity contribution in [2.75, 3.05) is 17.2 Å². The van der Waals surface area contributed by atoms with E-state index in [-0.39, 0.29) is 12.5 Å². The van der Waals surface area contributed by atoms with Crippen LogP contribution >= 0.6 is 0 Å². The molecule has 1 aromatic carbocycles. The minimum Gasteiger partial charge on any atom is -0.482 e. The number of hydrogen-bond donors (Lipinski definition) is 2. The van der Waals surface area contributed by atoms with Gasteiger partial charge in [-0.15, -0.1) is 0 Å². The first kappa shape index (κ1) is 12.5. The molecule has 2 N–H and O–H groups in total. The largest absolute Gasteiger partial charge is 0.482 e. The van der Waals surface area contributed by atoms with Gasteiger partial charge in [0, 0.05) is 31.0 Å². The highest BCUT2D eigenvalue weighted by molar-refractivity contribution is 5.96. The van der Waals surface area contributed by atoms with E-state index >= 15 is 0 Å². The van der Waals surface area contributed by atoms with Crippen LogP contribution < -0.4 is 15.4 Å². The summed E-state index contributed by atoms with van der Waals surface area (Å²) in [6, 6.07) is 5.66. The van der Waals surface area contributed by atoms with E-state index in [1.54, 1.807) is 4.68 Å². The molecule has 1 aliphatic rings. The van der Waals surface area contributed by atoms with E-state index in [9.17, 15) is 4.79 Å². The summed E-state index contributed by atoms with van der Waals surface area (Å²) in [4.78, 5) is 11.3. The lowest BCUT2D eigenvalue weighted by molar-refractivity contribution is -0.118. The normalized spacial score (nSPS) is 13.4. The van der Waals surface area contributed by atoms with Crippen LogP contribution in [0.5, 0.6) is 5.75 Å². The van der Waals surface area contributed by atoms with E-state index in [1.807, 2.05) is 38.4 Å². The Morgan fingerprint density at radius 2 is 2.35 bits per heavy atom. The molecular weight excluding hydrogens is 256 g/mol. The molecule has 6 nitrogen and oxygen atoms in total. The average Bonchev–Trinajstić information content (AvgIpc) is 2.74. The maximum absolute atomic E-state index is 11.3. The van der Waals surface area contributed by atoms with Gasteiger partial charge in [0.1, 0.15) is 5.75 Å². The van der Waals surface area contributed by atoms with Gasteiger partial charge < -0.3 is 15.4 Å². The minimum absolute atomic E-state index is 0.0780. The molecule has 0 spiro atoms. The van der Waals surface area contributed by atoms with Crippen LogP contribution in [-0.4, -0.2) is 22.3 Å². The van der Waals surface area contributed by atoms with Crippen molar-refractivity contribution in [1.29, 1.82) is 0 Å². The van der Waals surface area contributed by atoms with E-state index in [0.717, 1.165) is 16.9 Å². The summed E-state index contributed by atoms with van der Waals surface area (Å²) in [7, 11) is 1.91. The molecule has 2 aromatic rings. The fourth-order valence-electron chi connectivity index (χ4n) is 2.21. The lowest BCUT2D eigenvalue weighted by atomic mass is 10.2. The molecule has 3 rings (SSSR count). The summed E-state index contributed by atoms with van der Waals surface area (Å²) in [5.74, 6) is 0.575. The van der Waals surface area contributed by atoms with Gasteiger partial charge in [-0.05, 0) is 25.1 Å². The van der Waals surface area contributed by atoms with E-state index < -0.39 is 0 Å². The number of fused-ring (bicyclic) bond motifs is 1. The number of carbonyl (C=O) groups is 1. The summed E-state index contributed by atoms with van der Waals surface area (Å²) >= 11 is 0. The fraction of sp³-hybridized carbons (Fsp3) is 0.286. The van der Waals surface area contributed by atoms with Crippen LogP contribution in [0.4, 0.5) is 11.4 Å². The number of aromatic nitrogens is 2. The molecule has 0 bridgehead atoms. The second-order valence-corrected chi connectivity index (χ2v) is 4.81. The molecule has 1 aliphatic heterocycles. The van der Waals surface area contributed by atoms with Gasteiger partial charge in [0.2, 0.25) is 0 Å². The summed E-state index contributed by atoms with van der Waals surface area (Å²) < 4.78 is 7.12. The van der Waals surface area contributed by atoms with Crippen molar-refractivity contribution in [1.82, 2.24) is 9.78 Å². The average molecular weight is 272 g/mol. The second kappa shape index (κ2) is 4.88. The van der Waals surface area contributed by atoms with Crippen LogP contribution in [0.3, 0.4) is 0 Å². The number of amides is 1. The Bertz CT molecular complexity index is 663. The zero-order valence-corrected chi connectivity index (χ0v) is 11.4. The molecule has 104 valence electrons. The number of ether oxygens (including phenoxy) is 1. The van der Waals surface area contributed by atoms with Crippen LogP contribution in [0.25, 0.3) is 0 Å². The smallest absolute Gasteiger partial charge is 0.262 e. The van der Waals surface area contributed by atoms with Gasteiger partial charge in [0.25, 0.3) is 5.91 Å². The topological polar surface area (TPSA) is 68.2 Å². The highest BCUT2D eigenvalue weighted by Gasteiger charge is 2.15. The van der Waals surface area contributed by atoms with Gasteiger partial charge in [-0.1, -0.05) is 0 Å². The number of rotatable bonds is 3. The van der Waals surface area contributed by atoms with Crippen molar-refractivity contribution in [3.05, 3.63) is 35.7 Å². The van der Waals surface area contributed by atoms with Gasteiger partial charge in [0.05, 0.1) is 11.4 Å². The predicted octanol–water partition coefficient (Wildman–Crippen LogP) is 1.67. The minimum atomic E-state index is -0.127. The lowest BCUT2D eigenvalue weighted by Gasteiger charge is -2.18. The van der Waals surface area contributed by atoms with E-state index in [0.29, 0.717) is 18.0 Å². The third-order valence-electron chi connectivity index (χ3n) is 3.21. The number of aryl methyl sites for hydroxylation is 2. The molecular formula is C14H16N4O2. The summed E-state index contributed by atoms with van der Waals surface area (Å²) in [6.45, 7) is 2.75. The summed E-state index contributed by atoms with van der Waals surface area (Å²) in [5.41, 5.74) is 3.78. The molecule has 20 heavy (non-hydrogen) atoms. The maximum Gasteiger partial charge on any atom is 0.262 e. The van der Waals surface area contributed by atoms with Crippen molar-refractivity contribution in [3.63, 3.8) is 0 Å². The molecule has 2 heterocycles. The molecule has 6 heteroatoms. The SMILES string of the molecule is Cc1nn(C)cc1CNc1ccc2c(c1)NC(=O)CO2. The van der Waals surface area contributed by atoms with Gasteiger partial charge in [0.15, 0.2) is 6.61 Å². The van der Waals surface area contributed by atoms with Crippen molar-refractivity contribution >= 4 is 17.3 Å². The zero-order chi connectivity index (χ0) is 14.1. The molecule has 1 aromatic heterocycles. The van der Waals surface area contributed by atoms with Gasteiger partial charge in [-0.3, -0.25) is 9.48 Å². The number of nitrogens with zero attached hydrogens (tertiary/aromatic N) is 2.